The van der Waals surface area contributed by atoms with Gasteiger partial charge in [0.1, 0.15) is 11.7 Å². The van der Waals surface area contributed by atoms with Gasteiger partial charge in [-0.1, -0.05) is 25.1 Å². The summed E-state index contributed by atoms with van der Waals surface area (Å²) in [7, 11) is 1.37. The van der Waals surface area contributed by atoms with Crippen LogP contribution < -0.4 is 5.32 Å². The molecule has 0 aliphatic rings. The fraction of sp³-hybridized carbons (Fsp3) is 0.429. The summed E-state index contributed by atoms with van der Waals surface area (Å²) < 4.78 is 9.91. The summed E-state index contributed by atoms with van der Waals surface area (Å²) in [6.45, 7) is 4.15. The highest BCUT2D eigenvalue weighted by molar-refractivity contribution is 5.75. The van der Waals surface area contributed by atoms with Crippen molar-refractivity contribution in [2.75, 3.05) is 7.11 Å². The standard InChI is InChI=1S/C14H18N4O3/c1-9(2)12(14(19)20-3)16-8-11-17-13(18-21-11)10-6-4-5-7-15-10/h4-7,9,12,16H,8H2,1-3H3. The lowest BCUT2D eigenvalue weighted by Gasteiger charge is -2.18. The van der Waals surface area contributed by atoms with Gasteiger partial charge in [0.05, 0.1) is 13.7 Å². The molecule has 0 aliphatic heterocycles. The van der Waals surface area contributed by atoms with Crippen LogP contribution in [0.25, 0.3) is 11.5 Å². The summed E-state index contributed by atoms with van der Waals surface area (Å²) in [6.07, 6.45) is 1.66. The van der Waals surface area contributed by atoms with Gasteiger partial charge in [0.25, 0.3) is 0 Å². The van der Waals surface area contributed by atoms with Gasteiger partial charge >= 0.3 is 5.97 Å². The smallest absolute Gasteiger partial charge is 0.323 e. The molecule has 2 rings (SSSR count). The molecule has 0 saturated heterocycles. The van der Waals surface area contributed by atoms with Crippen LogP contribution in [0.2, 0.25) is 0 Å². The van der Waals surface area contributed by atoms with Crippen LogP contribution in [0.5, 0.6) is 0 Å². The number of carbonyl (C=O) groups is 1. The Bertz CT molecular complexity index is 583. The normalized spacial score (nSPS) is 12.4. The molecule has 7 heteroatoms. The molecule has 0 aliphatic carbocycles. The summed E-state index contributed by atoms with van der Waals surface area (Å²) >= 11 is 0. The third-order valence-corrected chi connectivity index (χ3v) is 2.96. The van der Waals surface area contributed by atoms with Crippen molar-refractivity contribution in [3.63, 3.8) is 0 Å². The topological polar surface area (TPSA) is 90.1 Å². The zero-order chi connectivity index (χ0) is 15.2. The zero-order valence-corrected chi connectivity index (χ0v) is 12.2. The van der Waals surface area contributed by atoms with E-state index in [1.54, 1.807) is 12.3 Å². The van der Waals surface area contributed by atoms with Crippen molar-refractivity contribution < 1.29 is 14.1 Å². The van der Waals surface area contributed by atoms with E-state index >= 15 is 0 Å². The van der Waals surface area contributed by atoms with E-state index in [4.69, 9.17) is 9.26 Å². The van der Waals surface area contributed by atoms with Gasteiger partial charge in [0, 0.05) is 6.20 Å². The maximum Gasteiger partial charge on any atom is 0.323 e. The van der Waals surface area contributed by atoms with Crippen LogP contribution in [0.3, 0.4) is 0 Å². The number of pyridine rings is 1. The second kappa shape index (κ2) is 6.94. The van der Waals surface area contributed by atoms with E-state index in [-0.39, 0.29) is 18.4 Å². The average Bonchev–Trinajstić information content (AvgIpc) is 2.96. The molecule has 2 aromatic rings. The van der Waals surface area contributed by atoms with E-state index in [0.29, 0.717) is 17.4 Å². The van der Waals surface area contributed by atoms with Crippen LogP contribution in [0, 0.1) is 5.92 Å². The zero-order valence-electron chi connectivity index (χ0n) is 12.2. The Labute approximate surface area is 122 Å². The van der Waals surface area contributed by atoms with E-state index in [1.807, 2.05) is 26.0 Å². The highest BCUT2D eigenvalue weighted by Crippen LogP contribution is 2.12. The van der Waals surface area contributed by atoms with Crippen LogP contribution in [-0.4, -0.2) is 34.2 Å². The van der Waals surface area contributed by atoms with Gasteiger partial charge in [-0.25, -0.2) is 0 Å². The minimum Gasteiger partial charge on any atom is -0.468 e. The van der Waals surface area contributed by atoms with Gasteiger partial charge in [-0.05, 0) is 18.1 Å². The van der Waals surface area contributed by atoms with Crippen molar-refractivity contribution in [1.29, 1.82) is 0 Å². The number of esters is 1. The summed E-state index contributed by atoms with van der Waals surface area (Å²) in [5, 5.41) is 6.93. The SMILES string of the molecule is COC(=O)C(NCc1nc(-c2ccccn2)no1)C(C)C. The van der Waals surface area contributed by atoms with Crippen molar-refractivity contribution in [2.24, 2.45) is 5.92 Å². The molecule has 0 spiro atoms. The maximum atomic E-state index is 11.6. The van der Waals surface area contributed by atoms with Gasteiger partial charge in [0.2, 0.25) is 11.7 Å². The average molecular weight is 290 g/mol. The monoisotopic (exact) mass is 290 g/mol. The fourth-order valence-electron chi connectivity index (χ4n) is 1.84. The second-order valence-electron chi connectivity index (χ2n) is 4.85. The molecule has 0 radical (unpaired) electrons. The quantitative estimate of drug-likeness (QED) is 0.804. The van der Waals surface area contributed by atoms with E-state index in [1.165, 1.54) is 7.11 Å². The first kappa shape index (κ1) is 15.1. The van der Waals surface area contributed by atoms with Crippen LogP contribution in [0.15, 0.2) is 28.9 Å². The largest absolute Gasteiger partial charge is 0.468 e. The van der Waals surface area contributed by atoms with E-state index in [0.717, 1.165) is 0 Å². The van der Waals surface area contributed by atoms with Crippen molar-refractivity contribution in [3.8, 4) is 11.5 Å². The Balaban J connectivity index is 2.01. The molecule has 7 nitrogen and oxygen atoms in total. The Kier molecular flexibility index (Phi) is 4.99. The molecule has 1 unspecified atom stereocenters. The molecule has 0 bridgehead atoms. The lowest BCUT2D eigenvalue weighted by molar-refractivity contribution is -0.144. The fourth-order valence-corrected chi connectivity index (χ4v) is 1.84. The van der Waals surface area contributed by atoms with E-state index in [9.17, 15) is 4.79 Å². The summed E-state index contributed by atoms with van der Waals surface area (Å²) in [5.74, 6) is 0.599. The first-order chi connectivity index (χ1) is 10.1. The Morgan fingerprint density at radius 2 is 2.24 bits per heavy atom. The number of rotatable bonds is 6. The third-order valence-electron chi connectivity index (χ3n) is 2.96. The van der Waals surface area contributed by atoms with E-state index < -0.39 is 6.04 Å². The van der Waals surface area contributed by atoms with Gasteiger partial charge in [-0.15, -0.1) is 0 Å². The maximum absolute atomic E-state index is 11.6. The Morgan fingerprint density at radius 1 is 1.43 bits per heavy atom. The second-order valence-corrected chi connectivity index (χ2v) is 4.85. The molecule has 0 fully saturated rings. The molecule has 0 saturated carbocycles. The number of nitrogens with zero attached hydrogens (tertiary/aromatic N) is 3. The number of ether oxygens (including phenoxy) is 1. The molecular formula is C14H18N4O3. The number of methoxy groups -OCH3 is 1. The molecule has 112 valence electrons. The predicted octanol–water partition coefficient (Wildman–Crippen LogP) is 1.42. The highest BCUT2D eigenvalue weighted by atomic mass is 16.5. The lowest BCUT2D eigenvalue weighted by Crippen LogP contribution is -2.41. The summed E-state index contributed by atoms with van der Waals surface area (Å²) in [4.78, 5) is 20.0. The van der Waals surface area contributed by atoms with Crippen LogP contribution in [0.4, 0.5) is 0 Å². The van der Waals surface area contributed by atoms with Gasteiger partial charge in [-0.3, -0.25) is 15.1 Å². The molecule has 2 heterocycles. The first-order valence-electron chi connectivity index (χ1n) is 6.67. The van der Waals surface area contributed by atoms with Crippen molar-refractivity contribution in [3.05, 3.63) is 30.3 Å². The molecule has 2 aromatic heterocycles. The van der Waals surface area contributed by atoms with Gasteiger partial charge in [0.15, 0.2) is 0 Å². The van der Waals surface area contributed by atoms with Crippen molar-refractivity contribution in [1.82, 2.24) is 20.4 Å². The summed E-state index contributed by atoms with van der Waals surface area (Å²) in [5.41, 5.74) is 0.640. The minimum atomic E-state index is -0.416. The number of carbonyl (C=O) groups excluding carboxylic acids is 1. The van der Waals surface area contributed by atoms with Crippen LogP contribution >= 0.6 is 0 Å². The van der Waals surface area contributed by atoms with Gasteiger partial charge in [-0.2, -0.15) is 4.98 Å². The lowest BCUT2D eigenvalue weighted by atomic mass is 10.1. The first-order valence-corrected chi connectivity index (χ1v) is 6.67. The van der Waals surface area contributed by atoms with Gasteiger partial charge < -0.3 is 9.26 Å². The summed E-state index contributed by atoms with van der Waals surface area (Å²) in [6, 6.07) is 5.05. The number of hydrogen-bond acceptors (Lipinski definition) is 7. The Hall–Kier alpha value is -2.28. The Morgan fingerprint density at radius 3 is 2.86 bits per heavy atom. The molecule has 21 heavy (non-hydrogen) atoms. The molecule has 0 aromatic carbocycles. The molecular weight excluding hydrogens is 272 g/mol. The number of hydrogen-bond donors (Lipinski definition) is 1. The number of nitrogens with one attached hydrogen (secondary N) is 1. The van der Waals surface area contributed by atoms with Crippen LogP contribution in [-0.2, 0) is 16.1 Å². The molecule has 1 atom stereocenters. The predicted molar refractivity (Wildman–Crippen MR) is 75.0 cm³/mol. The minimum absolute atomic E-state index is 0.0932. The van der Waals surface area contributed by atoms with Crippen molar-refractivity contribution in [2.45, 2.75) is 26.4 Å². The number of aromatic nitrogens is 3. The molecule has 1 N–H and O–H groups in total. The molecule has 0 amide bonds. The highest BCUT2D eigenvalue weighted by Gasteiger charge is 2.23. The van der Waals surface area contributed by atoms with Crippen molar-refractivity contribution >= 4 is 5.97 Å². The van der Waals surface area contributed by atoms with E-state index in [2.05, 4.69) is 20.4 Å². The third kappa shape index (κ3) is 3.85. The van der Waals surface area contributed by atoms with Crippen LogP contribution in [0.1, 0.15) is 19.7 Å².